The molecule has 2 rings (SSSR count). The molecule has 0 fully saturated rings. The number of H-pyrrole nitrogens is 1. The summed E-state index contributed by atoms with van der Waals surface area (Å²) >= 11 is 0. The molecule has 1 atom stereocenters. The lowest BCUT2D eigenvalue weighted by Gasteiger charge is -2.07. The fraction of sp³-hybridized carbons (Fsp3) is 0.222. The van der Waals surface area contributed by atoms with Crippen molar-refractivity contribution in [2.75, 3.05) is 0 Å². The molecule has 0 aliphatic carbocycles. The van der Waals surface area contributed by atoms with E-state index in [1.165, 1.54) is 5.56 Å². The van der Waals surface area contributed by atoms with Crippen molar-refractivity contribution in [3.63, 3.8) is 0 Å². The highest BCUT2D eigenvalue weighted by atomic mass is 35.5. The van der Waals surface area contributed by atoms with Gasteiger partial charge in [0.15, 0.2) is 5.82 Å². The lowest BCUT2D eigenvalue weighted by molar-refractivity contribution is 0.784. The first-order chi connectivity index (χ1) is 6.77. The summed E-state index contributed by atoms with van der Waals surface area (Å²) in [4.78, 5) is 0. The van der Waals surface area contributed by atoms with E-state index in [2.05, 4.69) is 20.6 Å². The number of rotatable bonds is 2. The van der Waals surface area contributed by atoms with Crippen molar-refractivity contribution in [3.05, 3.63) is 41.2 Å². The molecule has 1 heterocycles. The predicted molar refractivity (Wildman–Crippen MR) is 58.6 cm³/mol. The number of nitrogens with two attached hydrogens (primary N) is 1. The van der Waals surface area contributed by atoms with Crippen LogP contribution in [-0.4, -0.2) is 20.6 Å². The SMILES string of the molecule is Cc1cccc(C(N)c2nn[nH]n2)c1.Cl. The molecule has 5 nitrogen and oxygen atoms in total. The molecule has 2 aromatic rings. The lowest BCUT2D eigenvalue weighted by atomic mass is 10.1. The van der Waals surface area contributed by atoms with Gasteiger partial charge in [-0.1, -0.05) is 35.0 Å². The number of nitrogens with one attached hydrogen (secondary N) is 1. The Bertz CT molecular complexity index is 414. The van der Waals surface area contributed by atoms with Crippen LogP contribution in [0.25, 0.3) is 0 Å². The van der Waals surface area contributed by atoms with Crippen LogP contribution in [0.3, 0.4) is 0 Å². The van der Waals surface area contributed by atoms with Crippen LogP contribution in [0.1, 0.15) is 23.0 Å². The minimum Gasteiger partial charge on any atom is -0.318 e. The molecule has 0 aliphatic rings. The largest absolute Gasteiger partial charge is 0.318 e. The minimum atomic E-state index is -0.311. The van der Waals surface area contributed by atoms with Crippen molar-refractivity contribution in [2.24, 2.45) is 5.73 Å². The molecule has 0 saturated heterocycles. The number of hydrogen-bond acceptors (Lipinski definition) is 4. The van der Waals surface area contributed by atoms with E-state index in [9.17, 15) is 0 Å². The molecular weight excluding hydrogens is 214 g/mol. The van der Waals surface area contributed by atoms with Crippen molar-refractivity contribution in [2.45, 2.75) is 13.0 Å². The zero-order chi connectivity index (χ0) is 9.97. The minimum absolute atomic E-state index is 0. The highest BCUT2D eigenvalue weighted by Crippen LogP contribution is 2.15. The zero-order valence-electron chi connectivity index (χ0n) is 8.21. The van der Waals surface area contributed by atoms with Gasteiger partial charge in [-0.15, -0.1) is 22.6 Å². The number of aromatic nitrogens is 4. The summed E-state index contributed by atoms with van der Waals surface area (Å²) in [5.41, 5.74) is 8.10. The van der Waals surface area contributed by atoms with Gasteiger partial charge in [-0.05, 0) is 12.5 Å². The number of aromatic amines is 1. The molecule has 3 N–H and O–H groups in total. The van der Waals surface area contributed by atoms with Crippen LogP contribution in [-0.2, 0) is 0 Å². The molecule has 0 bridgehead atoms. The highest BCUT2D eigenvalue weighted by molar-refractivity contribution is 5.85. The Morgan fingerprint density at radius 1 is 1.40 bits per heavy atom. The van der Waals surface area contributed by atoms with E-state index in [1.54, 1.807) is 0 Å². The number of tetrazole rings is 1. The van der Waals surface area contributed by atoms with Crippen molar-refractivity contribution in [3.8, 4) is 0 Å². The van der Waals surface area contributed by atoms with Gasteiger partial charge in [0.2, 0.25) is 0 Å². The summed E-state index contributed by atoms with van der Waals surface area (Å²) in [6, 6.07) is 7.64. The maximum absolute atomic E-state index is 5.94. The van der Waals surface area contributed by atoms with Gasteiger partial charge in [0.05, 0.1) is 6.04 Å². The summed E-state index contributed by atoms with van der Waals surface area (Å²) in [5.74, 6) is 0.510. The van der Waals surface area contributed by atoms with Crippen molar-refractivity contribution < 1.29 is 0 Å². The molecular formula is C9H12ClN5. The number of nitrogens with zero attached hydrogens (tertiary/aromatic N) is 3. The zero-order valence-corrected chi connectivity index (χ0v) is 9.03. The molecule has 0 aliphatic heterocycles. The Balaban J connectivity index is 0.00000112. The van der Waals surface area contributed by atoms with Gasteiger partial charge in [0, 0.05) is 0 Å². The first-order valence-electron chi connectivity index (χ1n) is 4.33. The van der Waals surface area contributed by atoms with Crippen LogP contribution in [0.5, 0.6) is 0 Å². The van der Waals surface area contributed by atoms with Crippen molar-refractivity contribution in [1.82, 2.24) is 20.6 Å². The molecule has 1 unspecified atom stereocenters. The van der Waals surface area contributed by atoms with Crippen LogP contribution < -0.4 is 5.73 Å². The molecule has 0 spiro atoms. The molecule has 80 valence electrons. The van der Waals surface area contributed by atoms with E-state index < -0.39 is 0 Å². The van der Waals surface area contributed by atoms with Gasteiger partial charge in [-0.2, -0.15) is 5.21 Å². The van der Waals surface area contributed by atoms with E-state index >= 15 is 0 Å². The Hall–Kier alpha value is -1.46. The van der Waals surface area contributed by atoms with E-state index in [0.717, 1.165) is 5.56 Å². The Labute approximate surface area is 93.5 Å². The topological polar surface area (TPSA) is 80.5 Å². The smallest absolute Gasteiger partial charge is 0.195 e. The summed E-state index contributed by atoms with van der Waals surface area (Å²) in [7, 11) is 0. The molecule has 0 amide bonds. The first kappa shape index (κ1) is 11.6. The summed E-state index contributed by atoms with van der Waals surface area (Å²) in [6.45, 7) is 2.02. The Morgan fingerprint density at radius 2 is 2.20 bits per heavy atom. The first-order valence-corrected chi connectivity index (χ1v) is 4.33. The predicted octanol–water partition coefficient (Wildman–Crippen LogP) is 0.978. The van der Waals surface area contributed by atoms with Gasteiger partial charge in [0.1, 0.15) is 0 Å². The Morgan fingerprint density at radius 3 is 2.80 bits per heavy atom. The maximum atomic E-state index is 5.94. The number of hydrogen-bond donors (Lipinski definition) is 2. The van der Waals surface area contributed by atoms with Crippen LogP contribution in [0, 0.1) is 6.92 Å². The average Bonchev–Trinajstić information content (AvgIpc) is 2.69. The van der Waals surface area contributed by atoms with Crippen molar-refractivity contribution >= 4 is 12.4 Å². The summed E-state index contributed by atoms with van der Waals surface area (Å²) in [5, 5.41) is 13.6. The van der Waals surface area contributed by atoms with Gasteiger partial charge in [-0.25, -0.2) is 0 Å². The molecule has 6 heteroatoms. The standard InChI is InChI=1S/C9H11N5.ClH/c1-6-3-2-4-7(5-6)8(10)9-11-13-14-12-9;/h2-5,8H,10H2,1H3,(H,11,12,13,14);1H. The number of halogens is 1. The second kappa shape index (κ2) is 4.86. The van der Waals surface area contributed by atoms with Crippen LogP contribution >= 0.6 is 12.4 Å². The van der Waals surface area contributed by atoms with E-state index in [-0.39, 0.29) is 18.4 Å². The van der Waals surface area contributed by atoms with Crippen LogP contribution in [0.4, 0.5) is 0 Å². The van der Waals surface area contributed by atoms with Crippen LogP contribution in [0.2, 0.25) is 0 Å². The highest BCUT2D eigenvalue weighted by Gasteiger charge is 2.12. The second-order valence-electron chi connectivity index (χ2n) is 3.16. The summed E-state index contributed by atoms with van der Waals surface area (Å²) in [6.07, 6.45) is 0. The average molecular weight is 226 g/mol. The molecule has 15 heavy (non-hydrogen) atoms. The third-order valence-electron chi connectivity index (χ3n) is 2.04. The monoisotopic (exact) mass is 225 g/mol. The molecule has 1 aromatic carbocycles. The maximum Gasteiger partial charge on any atom is 0.195 e. The number of aryl methyl sites for hydroxylation is 1. The van der Waals surface area contributed by atoms with E-state index in [0.29, 0.717) is 5.82 Å². The molecule has 0 radical (unpaired) electrons. The number of benzene rings is 1. The van der Waals surface area contributed by atoms with Gasteiger partial charge in [-0.3, -0.25) is 0 Å². The molecule has 1 aromatic heterocycles. The third kappa shape index (κ3) is 2.51. The summed E-state index contributed by atoms with van der Waals surface area (Å²) < 4.78 is 0. The van der Waals surface area contributed by atoms with Crippen molar-refractivity contribution in [1.29, 1.82) is 0 Å². The van der Waals surface area contributed by atoms with E-state index in [4.69, 9.17) is 5.73 Å². The van der Waals surface area contributed by atoms with Gasteiger partial charge in [0.25, 0.3) is 0 Å². The fourth-order valence-corrected chi connectivity index (χ4v) is 1.31. The van der Waals surface area contributed by atoms with Gasteiger partial charge >= 0.3 is 0 Å². The molecule has 0 saturated carbocycles. The van der Waals surface area contributed by atoms with E-state index in [1.807, 2.05) is 31.2 Å². The van der Waals surface area contributed by atoms with Crippen LogP contribution in [0.15, 0.2) is 24.3 Å². The lowest BCUT2D eigenvalue weighted by Crippen LogP contribution is -2.13. The van der Waals surface area contributed by atoms with Gasteiger partial charge < -0.3 is 5.73 Å². The Kier molecular flexibility index (Phi) is 3.76. The quantitative estimate of drug-likeness (QED) is 0.799. The normalized spacial score (nSPS) is 11.9. The third-order valence-corrected chi connectivity index (χ3v) is 2.04. The fourth-order valence-electron chi connectivity index (χ4n) is 1.31. The second-order valence-corrected chi connectivity index (χ2v) is 3.16.